The Morgan fingerprint density at radius 2 is 2.00 bits per heavy atom. The first-order valence-electron chi connectivity index (χ1n) is 6.26. The van der Waals surface area contributed by atoms with Gasteiger partial charge in [-0.25, -0.2) is 4.79 Å². The summed E-state index contributed by atoms with van der Waals surface area (Å²) in [6, 6.07) is 6.02. The summed E-state index contributed by atoms with van der Waals surface area (Å²) in [6.07, 6.45) is 0.234. The van der Waals surface area contributed by atoms with Crippen molar-refractivity contribution in [3.8, 4) is 5.75 Å². The molecule has 106 valence electrons. The first-order valence-corrected chi connectivity index (χ1v) is 6.26. The Kier molecular flexibility index (Phi) is 4.02. The van der Waals surface area contributed by atoms with E-state index in [-0.39, 0.29) is 19.4 Å². The van der Waals surface area contributed by atoms with Gasteiger partial charge in [-0.3, -0.25) is 14.5 Å². The van der Waals surface area contributed by atoms with Crippen molar-refractivity contribution < 1.29 is 24.2 Å². The molecular weight excluding hydrogens is 262 g/mol. The molecule has 0 radical (unpaired) electrons. The van der Waals surface area contributed by atoms with E-state index in [2.05, 4.69) is 0 Å². The number of carbonyl (C=O) groups excluding carboxylic acids is 2. The molecule has 6 heteroatoms. The Bertz CT molecular complexity index is 537. The average molecular weight is 277 g/mol. The molecule has 1 heterocycles. The fourth-order valence-corrected chi connectivity index (χ4v) is 2.08. The molecule has 1 atom stereocenters. The first kappa shape index (κ1) is 14.0. The van der Waals surface area contributed by atoms with Crippen LogP contribution in [0.25, 0.3) is 0 Å². The number of hydrogen-bond donors (Lipinski definition) is 1. The van der Waals surface area contributed by atoms with Gasteiger partial charge in [-0.2, -0.15) is 0 Å². The number of carbonyl (C=O) groups is 3. The molecule has 1 aromatic carbocycles. The molecular formula is C14H15NO5. The maximum Gasteiger partial charge on any atom is 0.326 e. The van der Waals surface area contributed by atoms with Gasteiger partial charge in [0.15, 0.2) is 6.61 Å². The van der Waals surface area contributed by atoms with Crippen LogP contribution in [0, 0.1) is 6.92 Å². The third-order valence-corrected chi connectivity index (χ3v) is 3.15. The lowest BCUT2D eigenvalue weighted by Gasteiger charge is -2.19. The number of aryl methyl sites for hydroxylation is 1. The zero-order valence-electron chi connectivity index (χ0n) is 11.0. The Morgan fingerprint density at radius 3 is 2.60 bits per heavy atom. The second-order valence-corrected chi connectivity index (χ2v) is 4.65. The summed E-state index contributed by atoms with van der Waals surface area (Å²) in [5.74, 6) is -1.75. The number of aliphatic carboxylic acids is 1. The van der Waals surface area contributed by atoms with Crippen LogP contribution in [0.5, 0.6) is 5.75 Å². The van der Waals surface area contributed by atoms with Crippen molar-refractivity contribution in [3.63, 3.8) is 0 Å². The number of hydrogen-bond acceptors (Lipinski definition) is 4. The van der Waals surface area contributed by atoms with E-state index >= 15 is 0 Å². The van der Waals surface area contributed by atoms with Crippen LogP contribution in [0.4, 0.5) is 0 Å². The summed E-state index contributed by atoms with van der Waals surface area (Å²) in [4.78, 5) is 35.3. The molecule has 2 rings (SSSR count). The molecule has 1 aliphatic heterocycles. The van der Waals surface area contributed by atoms with E-state index in [4.69, 9.17) is 9.84 Å². The summed E-state index contributed by atoms with van der Waals surface area (Å²) in [5.41, 5.74) is 1.06. The number of ether oxygens (including phenoxy) is 1. The van der Waals surface area contributed by atoms with Gasteiger partial charge in [0.25, 0.3) is 5.91 Å². The van der Waals surface area contributed by atoms with E-state index in [1.807, 2.05) is 19.1 Å². The SMILES string of the molecule is Cc1ccc(OCC(=O)N2C(=O)CCC2C(=O)O)cc1. The average Bonchev–Trinajstić information content (AvgIpc) is 2.80. The fraction of sp³-hybridized carbons (Fsp3) is 0.357. The molecule has 2 amide bonds. The van der Waals surface area contributed by atoms with Crippen molar-refractivity contribution in [3.05, 3.63) is 29.8 Å². The van der Waals surface area contributed by atoms with Crippen LogP contribution in [-0.2, 0) is 14.4 Å². The van der Waals surface area contributed by atoms with Gasteiger partial charge in [0.2, 0.25) is 5.91 Å². The molecule has 6 nitrogen and oxygen atoms in total. The predicted octanol–water partition coefficient (Wildman–Crippen LogP) is 0.976. The van der Waals surface area contributed by atoms with Crippen molar-refractivity contribution in [2.75, 3.05) is 6.61 Å². The highest BCUT2D eigenvalue weighted by molar-refractivity contribution is 6.02. The van der Waals surface area contributed by atoms with Gasteiger partial charge in [0.1, 0.15) is 11.8 Å². The van der Waals surface area contributed by atoms with E-state index in [9.17, 15) is 14.4 Å². The quantitative estimate of drug-likeness (QED) is 0.886. The van der Waals surface area contributed by atoms with Crippen LogP contribution in [0.15, 0.2) is 24.3 Å². The molecule has 1 saturated heterocycles. The lowest BCUT2D eigenvalue weighted by molar-refractivity contribution is -0.154. The number of benzene rings is 1. The zero-order valence-corrected chi connectivity index (χ0v) is 11.0. The predicted molar refractivity (Wildman–Crippen MR) is 69.2 cm³/mol. The van der Waals surface area contributed by atoms with Crippen molar-refractivity contribution in [1.29, 1.82) is 0 Å². The number of likely N-dealkylation sites (tertiary alicyclic amines) is 1. The summed E-state index contributed by atoms with van der Waals surface area (Å²) in [7, 11) is 0. The number of nitrogens with zero attached hydrogens (tertiary/aromatic N) is 1. The molecule has 1 N–H and O–H groups in total. The second kappa shape index (κ2) is 5.73. The molecule has 20 heavy (non-hydrogen) atoms. The van der Waals surface area contributed by atoms with Gasteiger partial charge >= 0.3 is 5.97 Å². The minimum absolute atomic E-state index is 0.0766. The van der Waals surface area contributed by atoms with E-state index in [0.29, 0.717) is 5.75 Å². The van der Waals surface area contributed by atoms with Crippen molar-refractivity contribution in [2.24, 2.45) is 0 Å². The smallest absolute Gasteiger partial charge is 0.326 e. The van der Waals surface area contributed by atoms with Gasteiger partial charge in [0.05, 0.1) is 0 Å². The van der Waals surface area contributed by atoms with E-state index in [1.165, 1.54) is 0 Å². The molecule has 1 aromatic rings. The van der Waals surface area contributed by atoms with Crippen LogP contribution >= 0.6 is 0 Å². The minimum Gasteiger partial charge on any atom is -0.484 e. The maximum atomic E-state index is 11.9. The zero-order chi connectivity index (χ0) is 14.7. The topological polar surface area (TPSA) is 83.9 Å². The van der Waals surface area contributed by atoms with Crippen LogP contribution in [0.3, 0.4) is 0 Å². The lowest BCUT2D eigenvalue weighted by Crippen LogP contribution is -2.45. The molecule has 1 unspecified atom stereocenters. The second-order valence-electron chi connectivity index (χ2n) is 4.65. The molecule has 0 saturated carbocycles. The van der Waals surface area contributed by atoms with E-state index in [1.54, 1.807) is 12.1 Å². The molecule has 0 spiro atoms. The molecule has 1 fully saturated rings. The Labute approximate surface area is 115 Å². The van der Waals surface area contributed by atoms with Gasteiger partial charge in [-0.1, -0.05) is 17.7 Å². The maximum absolute atomic E-state index is 11.9. The largest absolute Gasteiger partial charge is 0.484 e. The standard InChI is InChI=1S/C14H15NO5/c1-9-2-4-10(5-3-9)20-8-13(17)15-11(14(18)19)6-7-12(15)16/h2-5,11H,6-8H2,1H3,(H,18,19). The Hall–Kier alpha value is -2.37. The highest BCUT2D eigenvalue weighted by Gasteiger charge is 2.40. The monoisotopic (exact) mass is 277 g/mol. The first-order chi connectivity index (χ1) is 9.49. The highest BCUT2D eigenvalue weighted by Crippen LogP contribution is 2.19. The van der Waals surface area contributed by atoms with Gasteiger partial charge in [-0.15, -0.1) is 0 Å². The third kappa shape index (κ3) is 2.96. The summed E-state index contributed by atoms with van der Waals surface area (Å²) in [6.45, 7) is 1.58. The molecule has 0 bridgehead atoms. The summed E-state index contributed by atoms with van der Waals surface area (Å²) >= 11 is 0. The van der Waals surface area contributed by atoms with Gasteiger partial charge in [0, 0.05) is 6.42 Å². The van der Waals surface area contributed by atoms with Gasteiger partial charge in [-0.05, 0) is 25.5 Å². The number of imide groups is 1. The molecule has 1 aliphatic rings. The van der Waals surface area contributed by atoms with Crippen molar-refractivity contribution in [1.82, 2.24) is 4.90 Å². The van der Waals surface area contributed by atoms with Crippen LogP contribution in [-0.4, -0.2) is 40.4 Å². The molecule has 0 aromatic heterocycles. The number of carboxylic acid groups (broad SMARTS) is 1. The highest BCUT2D eigenvalue weighted by atomic mass is 16.5. The summed E-state index contributed by atoms with van der Waals surface area (Å²) in [5, 5.41) is 8.98. The molecule has 0 aliphatic carbocycles. The van der Waals surface area contributed by atoms with Gasteiger partial charge < -0.3 is 9.84 Å². The Balaban J connectivity index is 1.98. The van der Waals surface area contributed by atoms with Crippen molar-refractivity contribution >= 4 is 17.8 Å². The minimum atomic E-state index is -1.17. The fourth-order valence-electron chi connectivity index (χ4n) is 2.08. The van der Waals surface area contributed by atoms with E-state index in [0.717, 1.165) is 10.5 Å². The lowest BCUT2D eigenvalue weighted by atomic mass is 10.2. The number of amides is 2. The van der Waals surface area contributed by atoms with Crippen LogP contribution in [0.1, 0.15) is 18.4 Å². The summed E-state index contributed by atoms with van der Waals surface area (Å²) < 4.78 is 5.28. The Morgan fingerprint density at radius 1 is 1.35 bits per heavy atom. The van der Waals surface area contributed by atoms with Crippen LogP contribution < -0.4 is 4.74 Å². The number of rotatable bonds is 4. The van der Waals surface area contributed by atoms with Crippen molar-refractivity contribution in [2.45, 2.75) is 25.8 Å². The normalized spacial score (nSPS) is 18.1. The van der Waals surface area contributed by atoms with E-state index < -0.39 is 23.8 Å². The third-order valence-electron chi connectivity index (χ3n) is 3.15. The van der Waals surface area contributed by atoms with Crippen LogP contribution in [0.2, 0.25) is 0 Å². The number of carboxylic acids is 1.